The van der Waals surface area contributed by atoms with Crippen LogP contribution in [-0.4, -0.2) is 8.32 Å². The molecule has 0 aromatic heterocycles. The zero-order valence-electron chi connectivity index (χ0n) is 15.8. The molecule has 1 aromatic rings. The van der Waals surface area contributed by atoms with Gasteiger partial charge in [0.2, 0.25) is 0 Å². The molecule has 0 N–H and O–H groups in total. The van der Waals surface area contributed by atoms with E-state index in [1.54, 1.807) is 0 Å². The predicted molar refractivity (Wildman–Crippen MR) is 101 cm³/mol. The first-order valence-electron chi connectivity index (χ1n) is 8.92. The van der Waals surface area contributed by atoms with Crippen molar-refractivity contribution in [2.75, 3.05) is 0 Å². The van der Waals surface area contributed by atoms with Gasteiger partial charge in [-0.3, -0.25) is 0 Å². The Hall–Kier alpha value is -0.603. The van der Waals surface area contributed by atoms with Gasteiger partial charge in [0.15, 0.2) is 8.32 Å². The van der Waals surface area contributed by atoms with E-state index in [1.807, 2.05) is 0 Å². The second-order valence-electron chi connectivity index (χ2n) is 8.19. The van der Waals surface area contributed by atoms with Crippen LogP contribution >= 0.6 is 0 Å². The fourth-order valence-electron chi connectivity index (χ4n) is 3.66. The maximum absolute atomic E-state index is 6.77. The molecule has 0 amide bonds. The van der Waals surface area contributed by atoms with Crippen molar-refractivity contribution in [1.29, 1.82) is 0 Å². The fourth-order valence-corrected chi connectivity index (χ4v) is 9.44. The average molecular weight is 321 g/mol. The lowest BCUT2D eigenvalue weighted by Gasteiger charge is -2.36. The molecule has 0 bridgehead atoms. The van der Waals surface area contributed by atoms with Crippen molar-refractivity contribution in [3.8, 4) is 0 Å². The summed E-state index contributed by atoms with van der Waals surface area (Å²) in [6.45, 7) is 17.1. The van der Waals surface area contributed by atoms with E-state index in [1.165, 1.54) is 29.3 Å². The van der Waals surface area contributed by atoms with Gasteiger partial charge < -0.3 is 4.43 Å². The Bertz CT molecular complexity index is 411. The summed E-state index contributed by atoms with van der Waals surface area (Å²) < 4.78 is 6.77. The molecular formula is C20H36OSi. The summed E-state index contributed by atoms with van der Waals surface area (Å²) in [5.74, 6) is 2.17. The van der Waals surface area contributed by atoms with Crippen LogP contribution in [-0.2, 0) is 11.0 Å². The Labute approximate surface area is 139 Å². The van der Waals surface area contributed by atoms with Crippen LogP contribution in [0.4, 0.5) is 0 Å². The summed E-state index contributed by atoms with van der Waals surface area (Å²) in [5, 5.41) is 0. The first-order valence-corrected chi connectivity index (χ1v) is 11.5. The van der Waals surface area contributed by atoms with Gasteiger partial charge in [-0.2, -0.15) is 0 Å². The number of rotatable bonds is 9. The van der Waals surface area contributed by atoms with E-state index in [0.717, 1.165) is 24.4 Å². The maximum atomic E-state index is 6.77. The first-order chi connectivity index (χ1) is 10.2. The van der Waals surface area contributed by atoms with Gasteiger partial charge in [-0.1, -0.05) is 65.8 Å². The molecule has 1 rings (SSSR count). The number of aryl methyl sites for hydroxylation is 1. The highest BCUT2D eigenvalue weighted by Crippen LogP contribution is 2.34. The molecule has 0 aliphatic carbocycles. The van der Waals surface area contributed by atoms with Crippen LogP contribution in [0, 0.1) is 24.7 Å². The predicted octanol–water partition coefficient (Wildman–Crippen LogP) is 6.43. The molecule has 0 unspecified atom stereocenters. The highest BCUT2D eigenvalue weighted by atomic mass is 28.4. The fraction of sp³-hybridized carbons (Fsp3) is 0.700. The number of hydrogen-bond donors (Lipinski definition) is 0. The van der Waals surface area contributed by atoms with E-state index >= 15 is 0 Å². The molecule has 1 aromatic carbocycles. The number of benzene rings is 1. The molecule has 0 spiro atoms. The lowest BCUT2D eigenvalue weighted by Crippen LogP contribution is -2.42. The van der Waals surface area contributed by atoms with E-state index in [0.29, 0.717) is 0 Å². The van der Waals surface area contributed by atoms with E-state index in [9.17, 15) is 0 Å². The van der Waals surface area contributed by atoms with E-state index in [-0.39, 0.29) is 0 Å². The van der Waals surface area contributed by atoms with Gasteiger partial charge in [0, 0.05) is 0 Å². The molecule has 22 heavy (non-hydrogen) atoms. The molecule has 0 aliphatic rings. The largest absolute Gasteiger partial charge is 0.412 e. The summed E-state index contributed by atoms with van der Waals surface area (Å²) >= 11 is 0. The van der Waals surface area contributed by atoms with Gasteiger partial charge in [0.25, 0.3) is 0 Å². The zero-order valence-corrected chi connectivity index (χ0v) is 16.8. The lowest BCUT2D eigenvalue weighted by molar-refractivity contribution is 0.272. The second kappa shape index (κ2) is 8.88. The molecule has 0 radical (unpaired) electrons. The minimum atomic E-state index is -1.69. The number of hydrogen-bond acceptors (Lipinski definition) is 1. The molecule has 0 atom stereocenters. The van der Waals surface area contributed by atoms with Gasteiger partial charge in [-0.25, -0.2) is 0 Å². The van der Waals surface area contributed by atoms with Crippen molar-refractivity contribution in [3.05, 3.63) is 35.4 Å². The SMILES string of the molecule is Cc1ccccc1CO[Si](CC(C)C)(CC(C)C)CC(C)C. The lowest BCUT2D eigenvalue weighted by atomic mass is 10.1. The second-order valence-corrected chi connectivity index (χ2v) is 12.1. The van der Waals surface area contributed by atoms with Crippen LogP contribution in [0.25, 0.3) is 0 Å². The van der Waals surface area contributed by atoms with Crippen LogP contribution in [0.3, 0.4) is 0 Å². The zero-order chi connectivity index (χ0) is 16.8. The van der Waals surface area contributed by atoms with Crippen LogP contribution in [0.5, 0.6) is 0 Å². The third-order valence-corrected chi connectivity index (χ3v) is 9.57. The monoisotopic (exact) mass is 320 g/mol. The van der Waals surface area contributed by atoms with Crippen molar-refractivity contribution < 1.29 is 4.43 Å². The van der Waals surface area contributed by atoms with Crippen LogP contribution in [0.2, 0.25) is 18.1 Å². The van der Waals surface area contributed by atoms with Crippen molar-refractivity contribution in [2.24, 2.45) is 17.8 Å². The van der Waals surface area contributed by atoms with Gasteiger partial charge in [0.1, 0.15) is 0 Å². The van der Waals surface area contributed by atoms with Crippen molar-refractivity contribution in [2.45, 2.75) is 73.2 Å². The molecular weight excluding hydrogens is 284 g/mol. The molecule has 0 saturated heterocycles. The van der Waals surface area contributed by atoms with E-state index in [2.05, 4.69) is 72.7 Å². The Morgan fingerprint density at radius 1 is 0.818 bits per heavy atom. The third kappa shape index (κ3) is 6.66. The molecule has 126 valence electrons. The van der Waals surface area contributed by atoms with Crippen LogP contribution in [0.15, 0.2) is 24.3 Å². The third-order valence-electron chi connectivity index (χ3n) is 4.14. The topological polar surface area (TPSA) is 9.23 Å². The van der Waals surface area contributed by atoms with Gasteiger partial charge in [0.05, 0.1) is 6.61 Å². The van der Waals surface area contributed by atoms with Crippen LogP contribution < -0.4 is 0 Å². The summed E-state index contributed by atoms with van der Waals surface area (Å²) in [4.78, 5) is 0. The Morgan fingerprint density at radius 3 is 1.68 bits per heavy atom. The van der Waals surface area contributed by atoms with Crippen LogP contribution in [0.1, 0.15) is 52.7 Å². The van der Waals surface area contributed by atoms with Gasteiger partial charge in [-0.05, 0) is 53.9 Å². The summed E-state index contributed by atoms with van der Waals surface area (Å²) in [5.41, 5.74) is 2.71. The highest BCUT2D eigenvalue weighted by molar-refractivity contribution is 6.74. The quantitative estimate of drug-likeness (QED) is 0.477. The smallest absolute Gasteiger partial charge is 0.194 e. The molecule has 0 saturated carbocycles. The molecule has 0 aliphatic heterocycles. The summed E-state index contributed by atoms with van der Waals surface area (Å²) in [7, 11) is -1.69. The van der Waals surface area contributed by atoms with Gasteiger partial charge in [-0.15, -0.1) is 0 Å². The highest BCUT2D eigenvalue weighted by Gasteiger charge is 2.37. The van der Waals surface area contributed by atoms with Crippen molar-refractivity contribution in [1.82, 2.24) is 0 Å². The Kier molecular flexibility index (Phi) is 7.85. The van der Waals surface area contributed by atoms with Crippen molar-refractivity contribution in [3.63, 3.8) is 0 Å². The minimum absolute atomic E-state index is 0.723. The van der Waals surface area contributed by atoms with Crippen molar-refractivity contribution >= 4 is 8.32 Å². The molecule has 0 fully saturated rings. The average Bonchev–Trinajstić information content (AvgIpc) is 2.35. The van der Waals surface area contributed by atoms with Gasteiger partial charge >= 0.3 is 0 Å². The first kappa shape index (κ1) is 19.4. The maximum Gasteiger partial charge on any atom is 0.194 e. The molecule has 0 heterocycles. The van der Waals surface area contributed by atoms with E-state index in [4.69, 9.17) is 4.43 Å². The normalized spacial score (nSPS) is 12.6. The minimum Gasteiger partial charge on any atom is -0.412 e. The Balaban J connectivity index is 2.93. The standard InChI is InChI=1S/C20H36OSi/c1-16(2)13-22(14-17(3)4,15-18(5)6)21-12-20-11-9-8-10-19(20)7/h8-11,16-18H,12-15H2,1-7H3. The molecule has 2 heteroatoms. The Morgan fingerprint density at radius 2 is 1.27 bits per heavy atom. The summed E-state index contributed by atoms with van der Waals surface area (Å²) in [6, 6.07) is 12.5. The summed E-state index contributed by atoms with van der Waals surface area (Å²) in [6.07, 6.45) is 0. The van der Waals surface area contributed by atoms with E-state index < -0.39 is 8.32 Å². The molecule has 1 nitrogen and oxygen atoms in total.